The average molecular weight is 823 g/mol. The van der Waals surface area contributed by atoms with Gasteiger partial charge in [-0.25, -0.2) is 27.7 Å². The maximum atomic E-state index is 14.3. The summed E-state index contributed by atoms with van der Waals surface area (Å²) in [7, 11) is 0. The maximum Gasteiger partial charge on any atom is 0.359 e. The van der Waals surface area contributed by atoms with E-state index in [0.717, 1.165) is 4.68 Å². The molecule has 0 saturated heterocycles. The average Bonchev–Trinajstić information content (AvgIpc) is 3.59. The van der Waals surface area contributed by atoms with Gasteiger partial charge < -0.3 is 14.6 Å². The fraction of sp³-hybridized carbons (Fsp3) is 0.133. The van der Waals surface area contributed by atoms with Crippen LogP contribution < -0.4 is 0 Å². The number of benzene rings is 2. The van der Waals surface area contributed by atoms with E-state index in [-0.39, 0.29) is 52.8 Å². The number of rotatable bonds is 6. The highest BCUT2D eigenvalue weighted by molar-refractivity contribution is 9.11. The van der Waals surface area contributed by atoms with E-state index in [0.29, 0.717) is 24.5 Å². The molecule has 6 aromatic rings. The number of hydrogen-bond donors (Lipinski definition) is 1. The van der Waals surface area contributed by atoms with Crippen molar-refractivity contribution in [2.24, 2.45) is 0 Å². The molecule has 6 rings (SSSR count). The summed E-state index contributed by atoms with van der Waals surface area (Å²) in [5.41, 5.74) is 1.28. The Balaban J connectivity index is 0.000000181. The minimum atomic E-state index is -0.699. The predicted octanol–water partition coefficient (Wildman–Crippen LogP) is 7.47. The Morgan fingerprint density at radius 2 is 1.17 bits per heavy atom. The van der Waals surface area contributed by atoms with E-state index >= 15 is 0 Å². The van der Waals surface area contributed by atoms with Crippen molar-refractivity contribution < 1.29 is 33.0 Å². The first-order chi connectivity index (χ1) is 22.0. The van der Waals surface area contributed by atoms with E-state index in [2.05, 4.69) is 68.0 Å². The predicted molar refractivity (Wildman–Crippen MR) is 174 cm³/mol. The lowest BCUT2D eigenvalue weighted by Crippen LogP contribution is -2.13. The van der Waals surface area contributed by atoms with E-state index < -0.39 is 23.6 Å². The normalized spacial score (nSPS) is 10.9. The third-order valence-corrected chi connectivity index (χ3v) is 7.89. The number of hydrogen-bond acceptors (Lipinski definition) is 9. The SMILES string of the molecule is CCOC(=O)c1c2nccc(Br)c2nn1-c1ccc(Br)cc1F.CCOC(=O)c1c2nccc(O)c2nn1-c1ccc(Br)cc1F. The molecule has 11 nitrogen and oxygen atoms in total. The van der Waals surface area contributed by atoms with Gasteiger partial charge in [-0.05, 0) is 72.2 Å². The Hall–Kier alpha value is -4.28. The molecule has 0 radical (unpaired) electrons. The van der Waals surface area contributed by atoms with Crippen LogP contribution in [-0.2, 0) is 9.47 Å². The van der Waals surface area contributed by atoms with Crippen LogP contribution in [0.2, 0.25) is 0 Å². The first-order valence-electron chi connectivity index (χ1n) is 13.4. The number of aromatic nitrogens is 6. The standard InChI is InChI=1S/C15H10Br2FN3O2.C15H11BrFN3O3/c1-2-23-15(22)14-13-12(9(17)5-6-19-13)20-21(14)11-4-3-8(16)7-10(11)18;1-2-23-15(22)14-13-12(11(21)5-6-18-13)19-20(14)10-4-3-8(16)7-9(10)17/h3-7H,2H2,1H3;3-7,21H,2H2,1H3. The number of carbonyl (C=O) groups is 2. The van der Waals surface area contributed by atoms with Gasteiger partial charge in [-0.1, -0.05) is 31.9 Å². The Kier molecular flexibility index (Phi) is 10.1. The molecule has 46 heavy (non-hydrogen) atoms. The first-order valence-corrected chi connectivity index (χ1v) is 15.8. The highest BCUT2D eigenvalue weighted by Gasteiger charge is 2.26. The Morgan fingerprint density at radius 3 is 1.65 bits per heavy atom. The number of aromatic hydroxyl groups is 1. The lowest BCUT2D eigenvalue weighted by Gasteiger charge is -2.08. The minimum Gasteiger partial charge on any atom is -0.505 e. The van der Waals surface area contributed by atoms with Gasteiger partial charge in [0.25, 0.3) is 0 Å². The van der Waals surface area contributed by atoms with Crippen LogP contribution in [0.1, 0.15) is 34.8 Å². The Labute approximate surface area is 284 Å². The van der Waals surface area contributed by atoms with Crippen molar-refractivity contribution in [1.82, 2.24) is 29.5 Å². The summed E-state index contributed by atoms with van der Waals surface area (Å²) in [5, 5.41) is 18.4. The second-order valence-electron chi connectivity index (χ2n) is 9.17. The summed E-state index contributed by atoms with van der Waals surface area (Å²) in [4.78, 5) is 32.9. The van der Waals surface area contributed by atoms with Crippen LogP contribution >= 0.6 is 47.8 Å². The van der Waals surface area contributed by atoms with E-state index in [1.165, 1.54) is 41.2 Å². The Bertz CT molecular complexity index is 1970. The number of nitrogens with zero attached hydrogens (tertiary/aromatic N) is 6. The number of carbonyl (C=O) groups excluding carboxylic acids is 2. The number of halogens is 5. The van der Waals surface area contributed by atoms with Crippen LogP contribution in [-0.4, -0.2) is 59.8 Å². The molecule has 0 aliphatic rings. The molecule has 0 saturated carbocycles. The second kappa shape index (κ2) is 14.0. The summed E-state index contributed by atoms with van der Waals surface area (Å²) in [6.07, 6.45) is 2.88. The molecule has 2 aromatic carbocycles. The van der Waals surface area contributed by atoms with Gasteiger partial charge in [0.2, 0.25) is 0 Å². The quantitative estimate of drug-likeness (QED) is 0.170. The molecular weight excluding hydrogens is 802 g/mol. The zero-order valence-electron chi connectivity index (χ0n) is 23.8. The molecule has 16 heteroatoms. The molecule has 0 amide bonds. The monoisotopic (exact) mass is 820 g/mol. The Morgan fingerprint density at radius 1 is 0.717 bits per heavy atom. The van der Waals surface area contributed by atoms with Crippen molar-refractivity contribution in [2.75, 3.05) is 13.2 Å². The van der Waals surface area contributed by atoms with E-state index in [1.54, 1.807) is 38.2 Å². The van der Waals surface area contributed by atoms with Crippen LogP contribution in [0.25, 0.3) is 33.4 Å². The summed E-state index contributed by atoms with van der Waals surface area (Å²) < 4.78 is 42.8. The third-order valence-electron chi connectivity index (χ3n) is 6.26. The molecule has 0 bridgehead atoms. The number of esters is 2. The van der Waals surface area contributed by atoms with Crippen LogP contribution in [0, 0.1) is 11.6 Å². The van der Waals surface area contributed by atoms with Gasteiger partial charge >= 0.3 is 11.9 Å². The van der Waals surface area contributed by atoms with Gasteiger partial charge in [0.05, 0.1) is 13.2 Å². The van der Waals surface area contributed by atoms with Crippen molar-refractivity contribution in [3.63, 3.8) is 0 Å². The van der Waals surface area contributed by atoms with Gasteiger partial charge in [-0.3, -0.25) is 9.97 Å². The van der Waals surface area contributed by atoms with Crippen molar-refractivity contribution in [3.05, 3.63) is 97.4 Å². The van der Waals surface area contributed by atoms with Crippen molar-refractivity contribution >= 4 is 81.8 Å². The molecule has 0 atom stereocenters. The molecule has 0 fully saturated rings. The minimum absolute atomic E-state index is 0.0426. The summed E-state index contributed by atoms with van der Waals surface area (Å²) in [5.74, 6) is -2.57. The summed E-state index contributed by atoms with van der Waals surface area (Å²) >= 11 is 9.75. The van der Waals surface area contributed by atoms with Crippen LogP contribution in [0.3, 0.4) is 0 Å². The van der Waals surface area contributed by atoms with Crippen LogP contribution in [0.5, 0.6) is 5.75 Å². The van der Waals surface area contributed by atoms with E-state index in [4.69, 9.17) is 9.47 Å². The van der Waals surface area contributed by atoms with Crippen LogP contribution in [0.4, 0.5) is 8.78 Å². The second-order valence-corrected chi connectivity index (χ2v) is 11.9. The van der Waals surface area contributed by atoms with Crippen LogP contribution in [0.15, 0.2) is 74.3 Å². The fourth-order valence-electron chi connectivity index (χ4n) is 4.34. The van der Waals surface area contributed by atoms with E-state index in [9.17, 15) is 23.5 Å². The molecule has 0 aliphatic carbocycles. The number of ether oxygens (including phenoxy) is 2. The van der Waals surface area contributed by atoms with Gasteiger partial charge in [0.15, 0.2) is 16.9 Å². The zero-order valence-corrected chi connectivity index (χ0v) is 28.6. The van der Waals surface area contributed by atoms with Crippen molar-refractivity contribution in [2.45, 2.75) is 13.8 Å². The number of pyridine rings is 2. The molecule has 0 spiro atoms. The molecule has 4 aromatic heterocycles. The molecule has 4 heterocycles. The van der Waals surface area contributed by atoms with Gasteiger partial charge in [0.1, 0.15) is 45.3 Å². The largest absolute Gasteiger partial charge is 0.505 e. The van der Waals surface area contributed by atoms with E-state index in [1.807, 2.05) is 0 Å². The van der Waals surface area contributed by atoms with Crippen molar-refractivity contribution in [3.8, 4) is 17.1 Å². The highest BCUT2D eigenvalue weighted by Crippen LogP contribution is 2.30. The maximum absolute atomic E-state index is 14.3. The van der Waals surface area contributed by atoms with Crippen molar-refractivity contribution in [1.29, 1.82) is 0 Å². The summed E-state index contributed by atoms with van der Waals surface area (Å²) in [6.45, 7) is 3.70. The molecular formula is C30H21Br3F2N6O5. The summed E-state index contributed by atoms with van der Waals surface area (Å²) in [6, 6.07) is 11.9. The van der Waals surface area contributed by atoms with Gasteiger partial charge in [-0.15, -0.1) is 0 Å². The lowest BCUT2D eigenvalue weighted by molar-refractivity contribution is 0.0508. The smallest absolute Gasteiger partial charge is 0.359 e. The van der Waals surface area contributed by atoms with Gasteiger partial charge in [-0.2, -0.15) is 10.2 Å². The molecule has 1 N–H and O–H groups in total. The molecule has 0 aliphatic heterocycles. The number of fused-ring (bicyclic) bond motifs is 2. The highest BCUT2D eigenvalue weighted by atomic mass is 79.9. The first kappa shape index (κ1) is 33.1. The topological polar surface area (TPSA) is 134 Å². The zero-order chi connectivity index (χ0) is 33.1. The van der Waals surface area contributed by atoms with Gasteiger partial charge in [0, 0.05) is 31.9 Å². The molecule has 236 valence electrons. The fourth-order valence-corrected chi connectivity index (χ4v) is 5.39. The molecule has 0 unspecified atom stereocenters. The third kappa shape index (κ3) is 6.50. The lowest BCUT2D eigenvalue weighted by atomic mass is 10.2.